The summed E-state index contributed by atoms with van der Waals surface area (Å²) in [6.07, 6.45) is -3.34. The third-order valence-corrected chi connectivity index (χ3v) is 3.77. The normalized spacial score (nSPS) is 15.4. The van der Waals surface area contributed by atoms with E-state index in [0.717, 1.165) is 23.8 Å². The van der Waals surface area contributed by atoms with Gasteiger partial charge in [-0.1, -0.05) is 0 Å². The van der Waals surface area contributed by atoms with Gasteiger partial charge in [-0.15, -0.1) is 5.10 Å². The Hall–Kier alpha value is -2.45. The highest BCUT2D eigenvalue weighted by Gasteiger charge is 2.35. The van der Waals surface area contributed by atoms with Crippen LogP contribution in [0.15, 0.2) is 24.4 Å². The van der Waals surface area contributed by atoms with Gasteiger partial charge in [0.05, 0.1) is 11.7 Å². The maximum Gasteiger partial charge on any atom is 0.433 e. The number of likely N-dealkylation sites (N-methyl/N-ethyl adjacent to an activating group) is 1. The molecule has 0 aromatic carbocycles. The van der Waals surface area contributed by atoms with Crippen molar-refractivity contribution in [3.8, 4) is 0 Å². The summed E-state index contributed by atoms with van der Waals surface area (Å²) in [6, 6.07) is 4.64. The van der Waals surface area contributed by atoms with Gasteiger partial charge in [-0.2, -0.15) is 18.3 Å². The summed E-state index contributed by atoms with van der Waals surface area (Å²) in [5.41, 5.74) is -0.102. The molecule has 122 valence electrons. The van der Waals surface area contributed by atoms with E-state index >= 15 is 0 Å². The summed E-state index contributed by atoms with van der Waals surface area (Å²) in [7, 11) is 1.69. The Labute approximate surface area is 131 Å². The highest BCUT2D eigenvalue weighted by atomic mass is 19.4. The van der Waals surface area contributed by atoms with Gasteiger partial charge in [0.15, 0.2) is 5.82 Å². The molecule has 0 atom stereocenters. The molecule has 2 aromatic heterocycles. The first-order valence-electron chi connectivity index (χ1n) is 7.03. The SMILES string of the molecule is Cc1ccc(N2CC(N(C)c3nccc(C(F)(F)F)n3)C2)nn1. The van der Waals surface area contributed by atoms with E-state index in [1.807, 2.05) is 24.0 Å². The van der Waals surface area contributed by atoms with Crippen molar-refractivity contribution < 1.29 is 13.2 Å². The van der Waals surface area contributed by atoms with Crippen molar-refractivity contribution in [1.82, 2.24) is 20.2 Å². The minimum atomic E-state index is -4.47. The van der Waals surface area contributed by atoms with Crippen molar-refractivity contribution in [2.24, 2.45) is 0 Å². The second kappa shape index (κ2) is 5.64. The van der Waals surface area contributed by atoms with Crippen LogP contribution < -0.4 is 9.80 Å². The zero-order valence-electron chi connectivity index (χ0n) is 12.6. The predicted octanol–water partition coefficient (Wildman–Crippen LogP) is 1.92. The highest BCUT2D eigenvalue weighted by Crippen LogP contribution is 2.29. The molecular weight excluding hydrogens is 309 g/mol. The van der Waals surface area contributed by atoms with E-state index in [1.54, 1.807) is 11.9 Å². The Morgan fingerprint density at radius 1 is 1.17 bits per heavy atom. The predicted molar refractivity (Wildman–Crippen MR) is 78.2 cm³/mol. The van der Waals surface area contributed by atoms with Crippen molar-refractivity contribution in [2.75, 3.05) is 29.9 Å². The molecular formula is C14H15F3N6. The van der Waals surface area contributed by atoms with Gasteiger partial charge in [-0.25, -0.2) is 9.97 Å². The van der Waals surface area contributed by atoms with Gasteiger partial charge in [0, 0.05) is 26.3 Å². The topological polar surface area (TPSA) is 58.0 Å². The molecule has 0 radical (unpaired) electrons. The van der Waals surface area contributed by atoms with Crippen molar-refractivity contribution in [2.45, 2.75) is 19.1 Å². The third-order valence-electron chi connectivity index (χ3n) is 3.77. The molecule has 6 nitrogen and oxygen atoms in total. The molecule has 3 heterocycles. The lowest BCUT2D eigenvalue weighted by Crippen LogP contribution is -2.59. The lowest BCUT2D eigenvalue weighted by atomic mass is 10.1. The minimum absolute atomic E-state index is 0.0292. The molecule has 1 fully saturated rings. The second-order valence-corrected chi connectivity index (χ2v) is 5.44. The molecule has 2 aromatic rings. The zero-order chi connectivity index (χ0) is 16.6. The van der Waals surface area contributed by atoms with Gasteiger partial charge in [-0.3, -0.25) is 0 Å². The molecule has 1 saturated heterocycles. The van der Waals surface area contributed by atoms with Crippen molar-refractivity contribution in [1.29, 1.82) is 0 Å². The fraction of sp³-hybridized carbons (Fsp3) is 0.429. The molecule has 1 aliphatic heterocycles. The smallest absolute Gasteiger partial charge is 0.351 e. The summed E-state index contributed by atoms with van der Waals surface area (Å²) >= 11 is 0. The van der Waals surface area contributed by atoms with E-state index < -0.39 is 11.9 Å². The standard InChI is InChI=1S/C14H15F3N6/c1-9-3-4-12(21-20-9)23-7-10(8-23)22(2)13-18-6-5-11(19-13)14(15,16)17/h3-6,10H,7-8H2,1-2H3. The molecule has 23 heavy (non-hydrogen) atoms. The van der Waals surface area contributed by atoms with Gasteiger partial charge >= 0.3 is 6.18 Å². The van der Waals surface area contributed by atoms with Crippen LogP contribution in [-0.2, 0) is 6.18 Å². The Balaban J connectivity index is 1.67. The fourth-order valence-electron chi connectivity index (χ4n) is 2.29. The molecule has 3 rings (SSSR count). The highest BCUT2D eigenvalue weighted by molar-refractivity contribution is 5.45. The Kier molecular flexibility index (Phi) is 3.78. The van der Waals surface area contributed by atoms with Gasteiger partial charge in [0.2, 0.25) is 5.95 Å². The van der Waals surface area contributed by atoms with Crippen LogP contribution in [0.25, 0.3) is 0 Å². The van der Waals surface area contributed by atoms with Gasteiger partial charge in [0.1, 0.15) is 5.69 Å². The molecule has 0 saturated carbocycles. The molecule has 0 bridgehead atoms. The fourth-order valence-corrected chi connectivity index (χ4v) is 2.29. The number of alkyl halides is 3. The molecule has 0 aliphatic carbocycles. The first kappa shape index (κ1) is 15.4. The molecule has 1 aliphatic rings. The van der Waals surface area contributed by atoms with Crippen LogP contribution in [0.1, 0.15) is 11.4 Å². The van der Waals surface area contributed by atoms with Crippen LogP contribution in [0.3, 0.4) is 0 Å². The second-order valence-electron chi connectivity index (χ2n) is 5.44. The summed E-state index contributed by atoms with van der Waals surface area (Å²) in [4.78, 5) is 11.2. The lowest BCUT2D eigenvalue weighted by Gasteiger charge is -2.44. The monoisotopic (exact) mass is 324 g/mol. The maximum absolute atomic E-state index is 12.7. The zero-order valence-corrected chi connectivity index (χ0v) is 12.6. The molecule has 0 unspecified atom stereocenters. The Morgan fingerprint density at radius 2 is 1.91 bits per heavy atom. The minimum Gasteiger partial charge on any atom is -0.351 e. The maximum atomic E-state index is 12.7. The van der Waals surface area contributed by atoms with Crippen LogP contribution in [0.4, 0.5) is 24.9 Å². The quantitative estimate of drug-likeness (QED) is 0.860. The van der Waals surface area contributed by atoms with Crippen molar-refractivity contribution in [3.05, 3.63) is 35.8 Å². The van der Waals surface area contributed by atoms with Gasteiger partial charge in [-0.05, 0) is 25.1 Å². The third kappa shape index (κ3) is 3.17. The molecule has 0 spiro atoms. The van der Waals surface area contributed by atoms with Crippen LogP contribution in [0.2, 0.25) is 0 Å². The number of rotatable bonds is 3. The number of hydrogen-bond acceptors (Lipinski definition) is 6. The van der Waals surface area contributed by atoms with E-state index in [-0.39, 0.29) is 12.0 Å². The van der Waals surface area contributed by atoms with Crippen LogP contribution in [0.5, 0.6) is 0 Å². The largest absolute Gasteiger partial charge is 0.433 e. The van der Waals surface area contributed by atoms with E-state index in [9.17, 15) is 13.2 Å². The molecule has 0 N–H and O–H groups in total. The van der Waals surface area contributed by atoms with Gasteiger partial charge < -0.3 is 9.80 Å². The first-order chi connectivity index (χ1) is 10.8. The lowest BCUT2D eigenvalue weighted by molar-refractivity contribution is -0.141. The number of nitrogens with zero attached hydrogens (tertiary/aromatic N) is 6. The summed E-state index contributed by atoms with van der Waals surface area (Å²) in [5, 5.41) is 8.08. The van der Waals surface area contributed by atoms with Gasteiger partial charge in [0.25, 0.3) is 0 Å². The average Bonchev–Trinajstić information content (AvgIpc) is 2.47. The Morgan fingerprint density at radius 3 is 2.52 bits per heavy atom. The van der Waals surface area contributed by atoms with Crippen LogP contribution >= 0.6 is 0 Å². The van der Waals surface area contributed by atoms with E-state index in [1.165, 1.54) is 0 Å². The molecule has 9 heteroatoms. The van der Waals surface area contributed by atoms with E-state index in [4.69, 9.17) is 0 Å². The van der Waals surface area contributed by atoms with Crippen molar-refractivity contribution >= 4 is 11.8 Å². The molecule has 0 amide bonds. The average molecular weight is 324 g/mol. The summed E-state index contributed by atoms with van der Waals surface area (Å²) in [5.74, 6) is 0.824. The van der Waals surface area contributed by atoms with E-state index in [2.05, 4.69) is 20.2 Å². The first-order valence-corrected chi connectivity index (χ1v) is 7.03. The number of halogens is 3. The van der Waals surface area contributed by atoms with Crippen LogP contribution in [-0.4, -0.2) is 46.3 Å². The summed E-state index contributed by atoms with van der Waals surface area (Å²) < 4.78 is 38.1. The van der Waals surface area contributed by atoms with Crippen molar-refractivity contribution in [3.63, 3.8) is 0 Å². The number of anilines is 2. The Bertz CT molecular complexity index is 682. The van der Waals surface area contributed by atoms with Crippen LogP contribution in [0, 0.1) is 6.92 Å². The number of hydrogen-bond donors (Lipinski definition) is 0. The number of aromatic nitrogens is 4. The van der Waals surface area contributed by atoms with E-state index in [0.29, 0.717) is 13.1 Å². The number of aryl methyl sites for hydroxylation is 1. The summed E-state index contributed by atoms with van der Waals surface area (Å²) in [6.45, 7) is 3.12.